The normalized spacial score (nSPS) is 13.2. The second-order valence-electron chi connectivity index (χ2n) is 9.31. The van der Waals surface area contributed by atoms with Gasteiger partial charge in [0.1, 0.15) is 11.4 Å². The number of rotatable bonds is 4. The van der Waals surface area contributed by atoms with Crippen LogP contribution < -0.4 is 5.32 Å². The van der Waals surface area contributed by atoms with Gasteiger partial charge < -0.3 is 15.0 Å². The zero-order valence-corrected chi connectivity index (χ0v) is 20.6. The molecule has 2 aromatic heterocycles. The van der Waals surface area contributed by atoms with Crippen molar-refractivity contribution in [2.75, 3.05) is 0 Å². The van der Waals surface area contributed by atoms with E-state index in [1.54, 1.807) is 11.3 Å². The molecule has 2 N–H and O–H groups in total. The molecular weight excluding hydrogens is 462 g/mol. The number of thiophene rings is 1. The number of nitrogens with zero attached hydrogens (tertiary/aromatic N) is 1. The third-order valence-electron chi connectivity index (χ3n) is 4.45. The molecule has 7 heteroatoms. The first-order valence-electron chi connectivity index (χ1n) is 9.83. The summed E-state index contributed by atoms with van der Waals surface area (Å²) in [6, 6.07) is 12.2. The molecule has 2 heterocycles. The van der Waals surface area contributed by atoms with E-state index >= 15 is 0 Å². The topological polar surface area (TPSA) is 67.0 Å². The van der Waals surface area contributed by atoms with E-state index < -0.39 is 11.7 Å². The number of hydrogen-bond donors (Lipinski definition) is 2. The minimum atomic E-state index is -0.555. The van der Waals surface area contributed by atoms with Crippen LogP contribution in [0.3, 0.4) is 0 Å². The van der Waals surface area contributed by atoms with Crippen molar-refractivity contribution in [2.24, 2.45) is 5.41 Å². The number of aromatic amines is 1. The van der Waals surface area contributed by atoms with Gasteiger partial charge in [-0.1, -0.05) is 45.0 Å². The minimum absolute atomic E-state index is 0.248. The molecule has 0 bridgehead atoms. The lowest BCUT2D eigenvalue weighted by Crippen LogP contribution is -2.40. The van der Waals surface area contributed by atoms with Crippen LogP contribution in [-0.4, -0.2) is 21.7 Å². The van der Waals surface area contributed by atoms with Crippen molar-refractivity contribution in [1.82, 2.24) is 15.3 Å². The number of H-pyrrole nitrogens is 1. The van der Waals surface area contributed by atoms with Gasteiger partial charge in [0.2, 0.25) is 0 Å². The molecular formula is C23H28BrN3O2S. The maximum absolute atomic E-state index is 12.4. The van der Waals surface area contributed by atoms with Crippen LogP contribution in [0.25, 0.3) is 21.7 Å². The Morgan fingerprint density at radius 3 is 2.23 bits per heavy atom. The number of ether oxygens (including phenoxy) is 1. The summed E-state index contributed by atoms with van der Waals surface area (Å²) < 4.78 is 6.56. The number of aromatic nitrogens is 2. The smallest absolute Gasteiger partial charge is 0.408 e. The molecule has 1 aromatic carbocycles. The highest BCUT2D eigenvalue weighted by molar-refractivity contribution is 9.11. The highest BCUT2D eigenvalue weighted by atomic mass is 79.9. The van der Waals surface area contributed by atoms with Gasteiger partial charge in [0, 0.05) is 4.88 Å². The number of imidazole rings is 1. The van der Waals surface area contributed by atoms with E-state index in [1.807, 2.05) is 27.0 Å². The number of alkyl carbamates (subject to hydrolysis) is 1. The summed E-state index contributed by atoms with van der Waals surface area (Å²) in [4.78, 5) is 21.5. The van der Waals surface area contributed by atoms with Crippen LogP contribution >= 0.6 is 27.3 Å². The third kappa shape index (κ3) is 5.73. The van der Waals surface area contributed by atoms with Gasteiger partial charge in [0.25, 0.3) is 0 Å². The van der Waals surface area contributed by atoms with E-state index in [4.69, 9.17) is 4.74 Å². The first-order chi connectivity index (χ1) is 13.9. The van der Waals surface area contributed by atoms with Crippen molar-refractivity contribution >= 4 is 33.4 Å². The van der Waals surface area contributed by atoms with E-state index in [0.717, 1.165) is 15.0 Å². The second-order valence-corrected chi connectivity index (χ2v) is 11.8. The Morgan fingerprint density at radius 2 is 1.70 bits per heavy atom. The highest BCUT2D eigenvalue weighted by Gasteiger charge is 2.32. The number of carbonyl (C=O) groups excluding carboxylic acids is 1. The first-order valence-corrected chi connectivity index (χ1v) is 11.4. The Labute approximate surface area is 190 Å². The van der Waals surface area contributed by atoms with Crippen molar-refractivity contribution in [1.29, 1.82) is 0 Å². The fraction of sp³-hybridized carbons (Fsp3) is 0.391. The highest BCUT2D eigenvalue weighted by Crippen LogP contribution is 2.34. The molecule has 1 atom stereocenters. The van der Waals surface area contributed by atoms with Crippen molar-refractivity contribution in [2.45, 2.75) is 53.2 Å². The Bertz CT molecular complexity index is 1010. The van der Waals surface area contributed by atoms with Crippen LogP contribution in [0.2, 0.25) is 0 Å². The predicted octanol–water partition coefficient (Wildman–Crippen LogP) is 7.18. The van der Waals surface area contributed by atoms with Crippen LogP contribution in [0.15, 0.2) is 46.4 Å². The number of nitrogens with one attached hydrogen (secondary N) is 2. The van der Waals surface area contributed by atoms with E-state index in [0.29, 0.717) is 5.82 Å². The average molecular weight is 490 g/mol. The van der Waals surface area contributed by atoms with E-state index in [9.17, 15) is 4.79 Å². The molecule has 0 aliphatic heterocycles. The molecule has 0 aliphatic rings. The third-order valence-corrected chi connectivity index (χ3v) is 6.12. The van der Waals surface area contributed by atoms with Crippen molar-refractivity contribution in [3.63, 3.8) is 0 Å². The Balaban J connectivity index is 1.81. The largest absolute Gasteiger partial charge is 0.444 e. The Morgan fingerprint density at radius 1 is 1.07 bits per heavy atom. The molecule has 0 saturated carbocycles. The molecule has 30 heavy (non-hydrogen) atoms. The zero-order chi connectivity index (χ0) is 22.1. The molecule has 0 unspecified atom stereocenters. The quantitative estimate of drug-likeness (QED) is 0.407. The standard InChI is InChI=1S/C23H28BrN3O2S/c1-22(2,3)19(27-21(28)29-23(4,5)6)20-25-13-16(26-20)14-7-9-15(10-8-14)17-11-12-18(24)30-17/h7-13,19H,1-6H3,(H,25,26)(H,27,28)/t19-/m1/s1. The number of amides is 1. The number of hydrogen-bond acceptors (Lipinski definition) is 4. The summed E-state index contributed by atoms with van der Waals surface area (Å²) in [6.07, 6.45) is 1.36. The number of halogens is 1. The van der Waals surface area contributed by atoms with Crippen molar-refractivity contribution < 1.29 is 9.53 Å². The van der Waals surface area contributed by atoms with Gasteiger partial charge in [-0.2, -0.15) is 0 Å². The molecule has 5 nitrogen and oxygen atoms in total. The fourth-order valence-electron chi connectivity index (χ4n) is 3.03. The van der Waals surface area contributed by atoms with Crippen molar-refractivity contribution in [3.8, 4) is 21.7 Å². The van der Waals surface area contributed by atoms with Gasteiger partial charge in [-0.25, -0.2) is 9.78 Å². The number of benzene rings is 1. The molecule has 1 amide bonds. The Kier molecular flexibility index (Phi) is 6.43. The van der Waals surface area contributed by atoms with Crippen LogP contribution in [-0.2, 0) is 4.74 Å². The second kappa shape index (κ2) is 8.55. The zero-order valence-electron chi connectivity index (χ0n) is 18.2. The maximum Gasteiger partial charge on any atom is 0.408 e. The van der Waals surface area contributed by atoms with Crippen LogP contribution in [0.1, 0.15) is 53.4 Å². The van der Waals surface area contributed by atoms with E-state index in [2.05, 4.69) is 88.4 Å². The summed E-state index contributed by atoms with van der Waals surface area (Å²) in [5, 5.41) is 2.97. The van der Waals surface area contributed by atoms with Gasteiger partial charge in [-0.15, -0.1) is 11.3 Å². The molecule has 3 aromatic rings. The fourth-order valence-corrected chi connectivity index (χ4v) is 4.43. The first kappa shape index (κ1) is 22.6. The lowest BCUT2D eigenvalue weighted by Gasteiger charge is -2.31. The van der Waals surface area contributed by atoms with Gasteiger partial charge in [-0.05, 0) is 65.4 Å². The molecule has 3 rings (SSSR count). The van der Waals surface area contributed by atoms with Gasteiger partial charge in [0.15, 0.2) is 0 Å². The Hall–Kier alpha value is -2.12. The molecule has 0 spiro atoms. The summed E-state index contributed by atoms with van der Waals surface area (Å²) in [5.41, 5.74) is 2.32. The molecule has 0 aliphatic carbocycles. The van der Waals surface area contributed by atoms with Crippen molar-refractivity contribution in [3.05, 3.63) is 52.2 Å². The molecule has 0 fully saturated rings. The average Bonchev–Trinajstić information content (AvgIpc) is 3.26. The molecule has 0 saturated heterocycles. The summed E-state index contributed by atoms with van der Waals surface area (Å²) >= 11 is 5.22. The molecule has 160 valence electrons. The minimum Gasteiger partial charge on any atom is -0.444 e. The lowest BCUT2D eigenvalue weighted by atomic mass is 9.86. The number of carbonyl (C=O) groups is 1. The molecule has 0 radical (unpaired) electrons. The van der Waals surface area contributed by atoms with Gasteiger partial charge in [0.05, 0.1) is 21.7 Å². The van der Waals surface area contributed by atoms with Crippen LogP contribution in [0.5, 0.6) is 0 Å². The predicted molar refractivity (Wildman–Crippen MR) is 127 cm³/mol. The summed E-state index contributed by atoms with van der Waals surface area (Å²) in [6.45, 7) is 11.7. The van der Waals surface area contributed by atoms with Gasteiger partial charge >= 0.3 is 6.09 Å². The van der Waals surface area contributed by atoms with E-state index in [-0.39, 0.29) is 11.5 Å². The van der Waals surface area contributed by atoms with Gasteiger partial charge in [-0.3, -0.25) is 0 Å². The SMILES string of the molecule is CC(C)(C)OC(=O)N[C@H](c1ncc(-c2ccc(-c3ccc(Br)s3)cc2)[nH]1)C(C)(C)C. The summed E-state index contributed by atoms with van der Waals surface area (Å²) in [5.74, 6) is 0.703. The lowest BCUT2D eigenvalue weighted by molar-refractivity contribution is 0.0458. The van der Waals surface area contributed by atoms with Crippen LogP contribution in [0, 0.1) is 5.41 Å². The summed E-state index contributed by atoms with van der Waals surface area (Å²) in [7, 11) is 0. The maximum atomic E-state index is 12.4. The monoisotopic (exact) mass is 489 g/mol. The van der Waals surface area contributed by atoms with E-state index in [1.165, 1.54) is 10.4 Å². The van der Waals surface area contributed by atoms with Crippen LogP contribution in [0.4, 0.5) is 4.79 Å².